The molecule has 1 heterocycles. The Morgan fingerprint density at radius 2 is 1.85 bits per heavy atom. The third-order valence-corrected chi connectivity index (χ3v) is 4.56. The van der Waals surface area contributed by atoms with Crippen LogP contribution in [0.2, 0.25) is 0 Å². The summed E-state index contributed by atoms with van der Waals surface area (Å²) in [6.07, 6.45) is 13.5. The lowest BCUT2D eigenvalue weighted by atomic mass is 9.74. The number of nitrogens with one attached hydrogen (secondary N) is 2. The highest BCUT2D eigenvalue weighted by molar-refractivity contribution is 5.63. The minimum atomic E-state index is -0.140. The maximum absolute atomic E-state index is 6.05. The average molecular weight is 265 g/mol. The van der Waals surface area contributed by atoms with Gasteiger partial charge in [-0.3, -0.25) is 10.6 Å². The maximum atomic E-state index is 6.05. The van der Waals surface area contributed by atoms with E-state index in [4.69, 9.17) is 5.73 Å². The minimum absolute atomic E-state index is 0.0857. The largest absolute Gasteiger partial charge is 0.304 e. The van der Waals surface area contributed by atoms with Gasteiger partial charge in [0.2, 0.25) is 0 Å². The van der Waals surface area contributed by atoms with Crippen LogP contribution in [0.15, 0.2) is 48.6 Å². The molecule has 0 aromatic heterocycles. The highest BCUT2D eigenvalue weighted by Gasteiger charge is 2.41. The van der Waals surface area contributed by atoms with E-state index in [-0.39, 0.29) is 11.7 Å². The van der Waals surface area contributed by atoms with Gasteiger partial charge in [-0.15, -0.1) is 0 Å². The van der Waals surface area contributed by atoms with Crippen LogP contribution in [0.25, 0.3) is 12.2 Å². The van der Waals surface area contributed by atoms with Gasteiger partial charge in [-0.25, -0.2) is 0 Å². The predicted molar refractivity (Wildman–Crippen MR) is 81.7 cm³/mol. The second-order valence-electron chi connectivity index (χ2n) is 5.86. The van der Waals surface area contributed by atoms with Gasteiger partial charge in [0.05, 0.1) is 0 Å². The summed E-state index contributed by atoms with van der Waals surface area (Å²) in [5.41, 5.74) is 5.96. The number of fused-ring (bicyclic) bond motifs is 3. The van der Waals surface area contributed by atoms with Crippen molar-refractivity contribution in [1.29, 1.82) is 0 Å². The molecule has 1 fully saturated rings. The van der Waals surface area contributed by atoms with Gasteiger partial charge in [-0.1, -0.05) is 60.7 Å². The molecule has 3 aliphatic rings. The normalized spacial score (nSPS) is 33.0. The highest BCUT2D eigenvalue weighted by atomic mass is 15.3. The smallest absolute Gasteiger partial charge is 0.109 e. The second-order valence-corrected chi connectivity index (χ2v) is 5.86. The molecular weight excluding hydrogens is 246 g/mol. The Morgan fingerprint density at radius 3 is 2.60 bits per heavy atom. The zero-order valence-corrected chi connectivity index (χ0v) is 11.3. The van der Waals surface area contributed by atoms with Gasteiger partial charge in [0.1, 0.15) is 6.29 Å². The lowest BCUT2D eigenvalue weighted by molar-refractivity contribution is 0.218. The van der Waals surface area contributed by atoms with E-state index in [2.05, 4.69) is 71.4 Å². The minimum Gasteiger partial charge on any atom is -0.304 e. The van der Waals surface area contributed by atoms with Crippen molar-refractivity contribution < 1.29 is 0 Å². The van der Waals surface area contributed by atoms with Crippen LogP contribution in [0.4, 0.5) is 0 Å². The van der Waals surface area contributed by atoms with Crippen molar-refractivity contribution in [3.63, 3.8) is 0 Å². The first-order valence-corrected chi connectivity index (χ1v) is 7.19. The number of nitrogens with two attached hydrogens (primary N) is 1. The molecule has 102 valence electrons. The van der Waals surface area contributed by atoms with Crippen LogP contribution in [-0.2, 0) is 0 Å². The Kier molecular flexibility index (Phi) is 2.67. The molecule has 20 heavy (non-hydrogen) atoms. The second kappa shape index (κ2) is 4.42. The van der Waals surface area contributed by atoms with Crippen molar-refractivity contribution in [3.8, 4) is 0 Å². The number of hydrogen-bond acceptors (Lipinski definition) is 3. The third kappa shape index (κ3) is 1.79. The molecule has 0 bridgehead atoms. The van der Waals surface area contributed by atoms with Crippen molar-refractivity contribution in [2.45, 2.75) is 12.3 Å². The van der Waals surface area contributed by atoms with E-state index in [1.165, 1.54) is 10.4 Å². The monoisotopic (exact) mass is 265 g/mol. The molecule has 1 aromatic rings. The molecular formula is C17H19N3. The van der Waals surface area contributed by atoms with Crippen LogP contribution < -0.4 is 26.8 Å². The van der Waals surface area contributed by atoms with Gasteiger partial charge in [0, 0.05) is 23.9 Å². The number of hydrogen-bond donors (Lipinski definition) is 3. The summed E-state index contributed by atoms with van der Waals surface area (Å²) in [4.78, 5) is 0. The predicted octanol–water partition coefficient (Wildman–Crippen LogP) is -0.207. The Labute approximate surface area is 118 Å². The van der Waals surface area contributed by atoms with Crippen LogP contribution in [0, 0.1) is 11.3 Å². The van der Waals surface area contributed by atoms with Crippen molar-refractivity contribution in [2.75, 3.05) is 6.54 Å². The summed E-state index contributed by atoms with van der Waals surface area (Å²) in [7, 11) is 0. The van der Waals surface area contributed by atoms with E-state index in [1.54, 1.807) is 0 Å². The number of rotatable bonds is 0. The molecule has 3 atom stereocenters. The molecule has 3 heteroatoms. The third-order valence-electron chi connectivity index (χ3n) is 4.56. The Morgan fingerprint density at radius 1 is 1.10 bits per heavy atom. The molecule has 0 radical (unpaired) electrons. The van der Waals surface area contributed by atoms with Crippen LogP contribution in [-0.4, -0.2) is 18.9 Å². The Balaban J connectivity index is 1.86. The van der Waals surface area contributed by atoms with E-state index in [0.29, 0.717) is 12.0 Å². The van der Waals surface area contributed by atoms with Crippen LogP contribution in [0.5, 0.6) is 0 Å². The summed E-state index contributed by atoms with van der Waals surface area (Å²) in [5, 5.41) is 9.45. The first-order valence-electron chi connectivity index (χ1n) is 7.19. The lowest BCUT2D eigenvalue weighted by Gasteiger charge is -2.42. The van der Waals surface area contributed by atoms with E-state index >= 15 is 0 Å². The zero-order valence-electron chi connectivity index (χ0n) is 11.3. The fourth-order valence-electron chi connectivity index (χ4n) is 3.61. The average Bonchev–Trinajstić information content (AvgIpc) is 2.75. The molecule has 0 saturated carbocycles. The quantitative estimate of drug-likeness (QED) is 0.608. The van der Waals surface area contributed by atoms with Gasteiger partial charge in [0.25, 0.3) is 0 Å². The van der Waals surface area contributed by atoms with Gasteiger partial charge in [0.15, 0.2) is 0 Å². The maximum Gasteiger partial charge on any atom is 0.109 e. The summed E-state index contributed by atoms with van der Waals surface area (Å²) in [5.74, 6) is 0.437. The summed E-state index contributed by atoms with van der Waals surface area (Å²) in [6, 6.07) is 8.85. The summed E-state index contributed by atoms with van der Waals surface area (Å²) >= 11 is 0. The van der Waals surface area contributed by atoms with E-state index in [0.717, 1.165) is 6.54 Å². The summed E-state index contributed by atoms with van der Waals surface area (Å²) < 4.78 is 0. The zero-order chi connectivity index (χ0) is 13.6. The molecule has 1 spiro atoms. The van der Waals surface area contributed by atoms with Crippen molar-refractivity contribution in [1.82, 2.24) is 10.6 Å². The highest BCUT2D eigenvalue weighted by Crippen LogP contribution is 2.37. The Bertz CT molecular complexity index is 666. The standard InChI is InChI=1S/C17H19N3/c18-16-19-11-14-7-3-4-8-17(15(14)20-16)9-12-5-1-2-6-13(12)10-17/h1-10,14-16,19-20H,11,18H2. The van der Waals surface area contributed by atoms with Gasteiger partial charge >= 0.3 is 0 Å². The molecule has 1 saturated heterocycles. The Hall–Kier alpha value is -1.68. The van der Waals surface area contributed by atoms with Gasteiger partial charge in [-0.05, 0) is 10.4 Å². The molecule has 1 aliphatic heterocycles. The molecule has 3 unspecified atom stereocenters. The number of allylic oxidation sites excluding steroid dienone is 2. The van der Waals surface area contributed by atoms with Crippen LogP contribution in [0.3, 0.4) is 0 Å². The molecule has 2 aliphatic carbocycles. The van der Waals surface area contributed by atoms with Gasteiger partial charge in [-0.2, -0.15) is 0 Å². The van der Waals surface area contributed by atoms with E-state index < -0.39 is 0 Å². The van der Waals surface area contributed by atoms with E-state index in [1.807, 2.05) is 0 Å². The number of benzene rings is 1. The van der Waals surface area contributed by atoms with Gasteiger partial charge < -0.3 is 5.73 Å². The molecule has 1 aromatic carbocycles. The fourth-order valence-corrected chi connectivity index (χ4v) is 3.61. The van der Waals surface area contributed by atoms with E-state index in [9.17, 15) is 0 Å². The van der Waals surface area contributed by atoms with Crippen molar-refractivity contribution >= 4 is 12.2 Å². The molecule has 4 rings (SSSR count). The SMILES string of the molecule is NC1NCC2C=CC=CC3(C=c4ccccc4=C3)C2N1. The topological polar surface area (TPSA) is 50.1 Å². The first-order chi connectivity index (χ1) is 9.77. The van der Waals surface area contributed by atoms with Crippen molar-refractivity contribution in [3.05, 3.63) is 59.0 Å². The molecule has 4 N–H and O–H groups in total. The van der Waals surface area contributed by atoms with Crippen molar-refractivity contribution in [2.24, 2.45) is 17.1 Å². The summed E-state index contributed by atoms with van der Waals surface area (Å²) in [6.45, 7) is 0.913. The fraction of sp³-hybridized carbons (Fsp3) is 0.294. The lowest BCUT2D eigenvalue weighted by Crippen LogP contribution is -2.65. The molecule has 3 nitrogen and oxygen atoms in total. The van der Waals surface area contributed by atoms with Crippen LogP contribution >= 0.6 is 0 Å². The van der Waals surface area contributed by atoms with Crippen LogP contribution in [0.1, 0.15) is 0 Å². The molecule has 0 amide bonds. The first kappa shape index (κ1) is 12.1.